The third-order valence-electron chi connectivity index (χ3n) is 2.05. The van der Waals surface area contributed by atoms with E-state index in [4.69, 9.17) is 10.2 Å². The van der Waals surface area contributed by atoms with Crippen molar-refractivity contribution in [2.75, 3.05) is 0 Å². The van der Waals surface area contributed by atoms with Gasteiger partial charge in [0.25, 0.3) is 0 Å². The van der Waals surface area contributed by atoms with Crippen LogP contribution in [0, 0.1) is 0 Å². The number of nitrogens with zero attached hydrogens (tertiary/aromatic N) is 2. The molecule has 74 valence electrons. The molecule has 0 saturated heterocycles. The van der Waals surface area contributed by atoms with Crippen LogP contribution >= 0.6 is 0 Å². The standard InChI is InChI=1S/C10H13N3O/c1-6(2)10-13-9-8(14-10)3-7(4-11)5-12-9/h3,5-6H,4,11H2,1-2H3. The van der Waals surface area contributed by atoms with Gasteiger partial charge in [0.2, 0.25) is 0 Å². The number of rotatable bonds is 2. The van der Waals surface area contributed by atoms with Crippen molar-refractivity contribution in [3.63, 3.8) is 0 Å². The van der Waals surface area contributed by atoms with Crippen molar-refractivity contribution in [1.82, 2.24) is 9.97 Å². The Morgan fingerprint density at radius 1 is 1.50 bits per heavy atom. The van der Waals surface area contributed by atoms with Gasteiger partial charge in [-0.1, -0.05) is 13.8 Å². The molecule has 0 fully saturated rings. The molecule has 2 rings (SSSR count). The van der Waals surface area contributed by atoms with Crippen molar-refractivity contribution in [2.24, 2.45) is 5.73 Å². The highest BCUT2D eigenvalue weighted by atomic mass is 16.3. The van der Waals surface area contributed by atoms with E-state index in [1.807, 2.05) is 19.9 Å². The fourth-order valence-electron chi connectivity index (χ4n) is 1.24. The van der Waals surface area contributed by atoms with Crippen molar-refractivity contribution in [3.05, 3.63) is 23.7 Å². The summed E-state index contributed by atoms with van der Waals surface area (Å²) in [4.78, 5) is 8.44. The van der Waals surface area contributed by atoms with Crippen LogP contribution in [-0.2, 0) is 6.54 Å². The van der Waals surface area contributed by atoms with E-state index in [1.165, 1.54) is 0 Å². The number of oxazole rings is 1. The van der Waals surface area contributed by atoms with Crippen LogP contribution in [0.15, 0.2) is 16.7 Å². The molecule has 0 unspecified atom stereocenters. The van der Waals surface area contributed by atoms with Gasteiger partial charge in [0, 0.05) is 18.7 Å². The van der Waals surface area contributed by atoms with Crippen molar-refractivity contribution in [2.45, 2.75) is 26.3 Å². The first-order valence-electron chi connectivity index (χ1n) is 4.66. The Hall–Kier alpha value is -1.42. The van der Waals surface area contributed by atoms with Crippen molar-refractivity contribution in [1.29, 1.82) is 0 Å². The minimum absolute atomic E-state index is 0.283. The zero-order valence-electron chi connectivity index (χ0n) is 8.32. The first-order chi connectivity index (χ1) is 6.70. The number of nitrogens with two attached hydrogens (primary N) is 1. The summed E-state index contributed by atoms with van der Waals surface area (Å²) < 4.78 is 5.54. The monoisotopic (exact) mass is 191 g/mol. The lowest BCUT2D eigenvalue weighted by molar-refractivity contribution is 0.501. The first kappa shape index (κ1) is 9.15. The highest BCUT2D eigenvalue weighted by molar-refractivity contribution is 5.68. The third kappa shape index (κ3) is 1.48. The summed E-state index contributed by atoms with van der Waals surface area (Å²) in [5.41, 5.74) is 7.84. The van der Waals surface area contributed by atoms with E-state index >= 15 is 0 Å². The maximum absolute atomic E-state index is 5.54. The van der Waals surface area contributed by atoms with Gasteiger partial charge in [0.1, 0.15) is 0 Å². The Morgan fingerprint density at radius 2 is 2.29 bits per heavy atom. The van der Waals surface area contributed by atoms with Gasteiger partial charge in [-0.2, -0.15) is 4.98 Å². The molecule has 2 N–H and O–H groups in total. The summed E-state index contributed by atoms with van der Waals surface area (Å²) in [6.45, 7) is 4.55. The molecule has 0 bridgehead atoms. The van der Waals surface area contributed by atoms with E-state index in [0.29, 0.717) is 12.2 Å². The second-order valence-electron chi connectivity index (χ2n) is 3.58. The van der Waals surface area contributed by atoms with Crippen molar-refractivity contribution in [3.8, 4) is 0 Å². The van der Waals surface area contributed by atoms with Gasteiger partial charge in [-0.3, -0.25) is 0 Å². The molecular weight excluding hydrogens is 178 g/mol. The molecule has 0 amide bonds. The average molecular weight is 191 g/mol. The predicted molar refractivity (Wildman–Crippen MR) is 53.8 cm³/mol. The molecule has 0 atom stereocenters. The van der Waals surface area contributed by atoms with E-state index in [1.54, 1.807) is 6.20 Å². The lowest BCUT2D eigenvalue weighted by Gasteiger charge is -1.94. The second kappa shape index (κ2) is 3.38. The van der Waals surface area contributed by atoms with Gasteiger partial charge in [-0.25, -0.2) is 4.98 Å². The molecule has 0 aliphatic rings. The third-order valence-corrected chi connectivity index (χ3v) is 2.05. The van der Waals surface area contributed by atoms with Gasteiger partial charge < -0.3 is 10.2 Å². The quantitative estimate of drug-likeness (QED) is 0.786. The van der Waals surface area contributed by atoms with Crippen LogP contribution in [-0.4, -0.2) is 9.97 Å². The molecule has 0 radical (unpaired) electrons. The van der Waals surface area contributed by atoms with E-state index < -0.39 is 0 Å². The number of aromatic nitrogens is 2. The molecular formula is C10H13N3O. The van der Waals surface area contributed by atoms with E-state index in [2.05, 4.69) is 9.97 Å². The van der Waals surface area contributed by atoms with Crippen LogP contribution in [0.2, 0.25) is 0 Å². The Bertz CT molecular complexity index is 448. The summed E-state index contributed by atoms with van der Waals surface area (Å²) in [6.07, 6.45) is 1.73. The molecule has 0 saturated carbocycles. The first-order valence-corrected chi connectivity index (χ1v) is 4.66. The zero-order chi connectivity index (χ0) is 10.1. The molecule has 14 heavy (non-hydrogen) atoms. The Balaban J connectivity index is 2.54. The summed E-state index contributed by atoms with van der Waals surface area (Å²) in [5.74, 6) is 1.01. The van der Waals surface area contributed by atoms with Crippen molar-refractivity contribution < 1.29 is 4.42 Å². The summed E-state index contributed by atoms with van der Waals surface area (Å²) >= 11 is 0. The van der Waals surface area contributed by atoms with Gasteiger partial charge in [-0.15, -0.1) is 0 Å². The molecule has 0 spiro atoms. The number of hydrogen-bond donors (Lipinski definition) is 1. The molecule has 4 heteroatoms. The molecule has 0 aliphatic heterocycles. The minimum atomic E-state index is 0.283. The Kier molecular flexibility index (Phi) is 2.21. The Morgan fingerprint density at radius 3 is 2.93 bits per heavy atom. The van der Waals surface area contributed by atoms with Gasteiger partial charge in [-0.05, 0) is 11.6 Å². The van der Waals surface area contributed by atoms with Crippen LogP contribution in [0.4, 0.5) is 0 Å². The largest absolute Gasteiger partial charge is 0.439 e. The molecule has 0 aliphatic carbocycles. The summed E-state index contributed by atoms with van der Waals surface area (Å²) in [6, 6.07) is 1.89. The number of fused-ring (bicyclic) bond motifs is 1. The van der Waals surface area contributed by atoms with E-state index in [-0.39, 0.29) is 5.92 Å². The lowest BCUT2D eigenvalue weighted by Crippen LogP contribution is -1.96. The topological polar surface area (TPSA) is 64.9 Å². The van der Waals surface area contributed by atoms with Crippen LogP contribution in [0.3, 0.4) is 0 Å². The van der Waals surface area contributed by atoms with E-state index in [9.17, 15) is 0 Å². The highest BCUT2D eigenvalue weighted by Crippen LogP contribution is 2.19. The van der Waals surface area contributed by atoms with E-state index in [0.717, 1.165) is 17.0 Å². The zero-order valence-corrected chi connectivity index (χ0v) is 8.32. The minimum Gasteiger partial charge on any atom is -0.439 e. The highest BCUT2D eigenvalue weighted by Gasteiger charge is 2.09. The van der Waals surface area contributed by atoms with Gasteiger partial charge in [0.05, 0.1) is 0 Å². The lowest BCUT2D eigenvalue weighted by atomic mass is 10.2. The van der Waals surface area contributed by atoms with Crippen molar-refractivity contribution >= 4 is 11.2 Å². The number of hydrogen-bond acceptors (Lipinski definition) is 4. The molecule has 0 aromatic carbocycles. The fourth-order valence-corrected chi connectivity index (χ4v) is 1.24. The molecule has 2 aromatic rings. The normalized spacial score (nSPS) is 11.4. The SMILES string of the molecule is CC(C)c1nc2ncc(CN)cc2o1. The van der Waals surface area contributed by atoms with Crippen LogP contribution in [0.1, 0.15) is 31.2 Å². The molecule has 4 nitrogen and oxygen atoms in total. The van der Waals surface area contributed by atoms with Gasteiger partial charge >= 0.3 is 0 Å². The van der Waals surface area contributed by atoms with Crippen LogP contribution in [0.25, 0.3) is 11.2 Å². The van der Waals surface area contributed by atoms with Crippen LogP contribution < -0.4 is 5.73 Å². The fraction of sp³-hybridized carbons (Fsp3) is 0.400. The smallest absolute Gasteiger partial charge is 0.199 e. The summed E-state index contributed by atoms with van der Waals surface area (Å²) in [5, 5.41) is 0. The predicted octanol–water partition coefficient (Wildman–Crippen LogP) is 1.80. The maximum Gasteiger partial charge on any atom is 0.199 e. The molecule has 2 heterocycles. The second-order valence-corrected chi connectivity index (χ2v) is 3.58. The summed E-state index contributed by atoms with van der Waals surface area (Å²) in [7, 11) is 0. The Labute approximate surface area is 82.1 Å². The molecule has 2 aromatic heterocycles. The number of pyridine rings is 1. The average Bonchev–Trinajstić information content (AvgIpc) is 2.59. The van der Waals surface area contributed by atoms with Crippen LogP contribution in [0.5, 0.6) is 0 Å². The maximum atomic E-state index is 5.54. The van der Waals surface area contributed by atoms with Gasteiger partial charge in [0.15, 0.2) is 17.1 Å².